The molecule has 0 amide bonds. The predicted molar refractivity (Wildman–Crippen MR) is 125 cm³/mol. The van der Waals surface area contributed by atoms with Gasteiger partial charge < -0.3 is 14.6 Å². The van der Waals surface area contributed by atoms with Crippen LogP contribution in [0.2, 0.25) is 0 Å². The number of benzene rings is 2. The molecule has 0 saturated heterocycles. The van der Waals surface area contributed by atoms with Gasteiger partial charge in [-0.3, -0.25) is 4.98 Å². The minimum Gasteiger partial charge on any atom is -0.493 e. The van der Waals surface area contributed by atoms with E-state index in [1.54, 1.807) is 57.2 Å². The monoisotopic (exact) mass is 485 g/mol. The Morgan fingerprint density at radius 1 is 1.11 bits per heavy atom. The van der Waals surface area contributed by atoms with Gasteiger partial charge in [-0.25, -0.2) is 4.79 Å². The summed E-state index contributed by atoms with van der Waals surface area (Å²) in [5, 5.41) is 10.1. The van der Waals surface area contributed by atoms with Crippen molar-refractivity contribution in [1.82, 2.24) is 4.98 Å². The molecule has 4 rings (SSSR count). The van der Waals surface area contributed by atoms with E-state index in [4.69, 9.17) is 9.47 Å². The number of aryl methyl sites for hydroxylation is 1. The van der Waals surface area contributed by atoms with Crippen LogP contribution in [0, 0.1) is 0 Å². The summed E-state index contributed by atoms with van der Waals surface area (Å²) in [6, 6.07) is 12.5. The first-order chi connectivity index (χ1) is 16.5. The third-order valence-corrected chi connectivity index (χ3v) is 5.65. The first-order valence-corrected chi connectivity index (χ1v) is 11.3. The van der Waals surface area contributed by atoms with Crippen LogP contribution in [0.25, 0.3) is 22.4 Å². The second-order valence-corrected chi connectivity index (χ2v) is 9.39. The summed E-state index contributed by atoms with van der Waals surface area (Å²) in [7, 11) is 0. The molecule has 1 unspecified atom stereocenters. The lowest BCUT2D eigenvalue weighted by Crippen LogP contribution is -2.29. The van der Waals surface area contributed by atoms with Gasteiger partial charge in [0.15, 0.2) is 6.10 Å². The molecule has 184 valence electrons. The highest BCUT2D eigenvalue weighted by molar-refractivity contribution is 5.90. The maximum atomic E-state index is 14.3. The number of halogens is 3. The minimum absolute atomic E-state index is 0.128. The second kappa shape index (κ2) is 9.34. The molecule has 0 fully saturated rings. The topological polar surface area (TPSA) is 68.7 Å². The number of nitrogens with zero attached hydrogens (tertiary/aromatic N) is 1. The van der Waals surface area contributed by atoms with E-state index in [0.29, 0.717) is 35.6 Å². The van der Waals surface area contributed by atoms with Gasteiger partial charge in [0.25, 0.3) is 0 Å². The largest absolute Gasteiger partial charge is 0.493 e. The molecule has 1 aromatic heterocycles. The van der Waals surface area contributed by atoms with Crippen molar-refractivity contribution < 1.29 is 32.5 Å². The van der Waals surface area contributed by atoms with E-state index < -0.39 is 35.0 Å². The van der Waals surface area contributed by atoms with Crippen LogP contribution in [-0.2, 0) is 22.1 Å². The number of aliphatic carboxylic acids is 1. The van der Waals surface area contributed by atoms with Crippen LogP contribution in [0.3, 0.4) is 0 Å². The normalized spacial score (nSPS) is 14.7. The molecule has 1 aliphatic rings. The second-order valence-electron chi connectivity index (χ2n) is 9.39. The Labute approximate surface area is 201 Å². The summed E-state index contributed by atoms with van der Waals surface area (Å²) in [6.07, 6.45) is -3.64. The van der Waals surface area contributed by atoms with Crippen LogP contribution < -0.4 is 4.74 Å². The molecular weight excluding hydrogens is 459 g/mol. The molecule has 5 nitrogen and oxygen atoms in total. The highest BCUT2D eigenvalue weighted by atomic mass is 19.4. The average Bonchev–Trinajstić information content (AvgIpc) is 2.80. The van der Waals surface area contributed by atoms with E-state index >= 15 is 0 Å². The number of carbonyl (C=O) groups is 1. The van der Waals surface area contributed by atoms with Gasteiger partial charge in [-0.2, -0.15) is 13.2 Å². The van der Waals surface area contributed by atoms with Crippen molar-refractivity contribution in [2.45, 2.75) is 51.5 Å². The standard InChI is InChI=1S/C27H26F3NO4/c1-26(2,3)35-24(25(32)33)23-19(27(28,29)30)11-10-18(20-8-4-5-13-31-20)22(23)17-9-12-21-16(15-17)7-6-14-34-21/h4-5,8-13,15,24H,6-7,14H2,1-3H3,(H,32,33). The van der Waals surface area contributed by atoms with E-state index in [9.17, 15) is 23.1 Å². The van der Waals surface area contributed by atoms with Crippen molar-refractivity contribution in [3.63, 3.8) is 0 Å². The van der Waals surface area contributed by atoms with Crippen molar-refractivity contribution in [2.24, 2.45) is 0 Å². The number of hydrogen-bond acceptors (Lipinski definition) is 4. The van der Waals surface area contributed by atoms with Gasteiger partial charge in [-0.15, -0.1) is 0 Å². The molecule has 2 heterocycles. The third kappa shape index (κ3) is 5.32. The van der Waals surface area contributed by atoms with E-state index in [0.717, 1.165) is 18.1 Å². The lowest BCUT2D eigenvalue weighted by molar-refractivity contribution is -0.163. The first-order valence-electron chi connectivity index (χ1n) is 11.3. The number of carboxylic acids is 1. The predicted octanol–water partition coefficient (Wildman–Crippen LogP) is 6.70. The number of pyridine rings is 1. The fourth-order valence-corrected chi connectivity index (χ4v) is 4.29. The van der Waals surface area contributed by atoms with Gasteiger partial charge in [0.2, 0.25) is 0 Å². The van der Waals surface area contributed by atoms with Gasteiger partial charge in [-0.05, 0) is 80.6 Å². The van der Waals surface area contributed by atoms with Gasteiger partial charge in [-0.1, -0.05) is 18.2 Å². The molecule has 3 aromatic rings. The van der Waals surface area contributed by atoms with Crippen LogP contribution in [0.1, 0.15) is 50.0 Å². The Balaban J connectivity index is 2.10. The Morgan fingerprint density at radius 2 is 1.89 bits per heavy atom. The molecule has 2 aromatic carbocycles. The fraction of sp³-hybridized carbons (Fsp3) is 0.333. The zero-order valence-corrected chi connectivity index (χ0v) is 19.6. The van der Waals surface area contributed by atoms with Crippen molar-refractivity contribution in [1.29, 1.82) is 0 Å². The summed E-state index contributed by atoms with van der Waals surface area (Å²) in [5.41, 5.74) is -0.289. The summed E-state index contributed by atoms with van der Waals surface area (Å²) in [4.78, 5) is 16.7. The van der Waals surface area contributed by atoms with Crippen molar-refractivity contribution in [3.8, 4) is 28.1 Å². The molecule has 0 saturated carbocycles. The lowest BCUT2D eigenvalue weighted by Gasteiger charge is -2.30. The Hall–Kier alpha value is -3.39. The molecule has 0 bridgehead atoms. The molecule has 1 aliphatic heterocycles. The minimum atomic E-state index is -4.81. The molecule has 0 radical (unpaired) electrons. The highest BCUT2D eigenvalue weighted by Gasteiger charge is 2.41. The molecule has 1 atom stereocenters. The van der Waals surface area contributed by atoms with E-state index in [-0.39, 0.29) is 5.56 Å². The van der Waals surface area contributed by atoms with Gasteiger partial charge in [0.05, 0.1) is 23.5 Å². The maximum Gasteiger partial charge on any atom is 0.416 e. The molecular formula is C27H26F3NO4. The molecule has 1 N–H and O–H groups in total. The molecule has 0 aliphatic carbocycles. The molecule has 0 spiro atoms. The SMILES string of the molecule is CC(C)(C)OC(C(=O)O)c1c(C(F)(F)F)ccc(-c2ccccn2)c1-c1ccc2c(c1)CCCO2. The van der Waals surface area contributed by atoms with Crippen LogP contribution >= 0.6 is 0 Å². The van der Waals surface area contributed by atoms with E-state index in [1.807, 2.05) is 0 Å². The summed E-state index contributed by atoms with van der Waals surface area (Å²) in [6.45, 7) is 5.39. The zero-order chi connectivity index (χ0) is 25.4. The quantitative estimate of drug-likeness (QED) is 0.436. The van der Waals surface area contributed by atoms with Crippen LogP contribution in [-0.4, -0.2) is 28.3 Å². The van der Waals surface area contributed by atoms with Crippen LogP contribution in [0.4, 0.5) is 13.2 Å². The van der Waals surface area contributed by atoms with E-state index in [1.165, 1.54) is 12.3 Å². The Morgan fingerprint density at radius 3 is 2.51 bits per heavy atom. The number of hydrogen-bond donors (Lipinski definition) is 1. The van der Waals surface area contributed by atoms with Gasteiger partial charge >= 0.3 is 12.1 Å². The summed E-state index contributed by atoms with van der Waals surface area (Å²) in [5.74, 6) is -0.834. The fourth-order valence-electron chi connectivity index (χ4n) is 4.29. The zero-order valence-electron chi connectivity index (χ0n) is 19.6. The van der Waals surface area contributed by atoms with Gasteiger partial charge in [0.1, 0.15) is 5.75 Å². The average molecular weight is 486 g/mol. The molecule has 35 heavy (non-hydrogen) atoms. The smallest absolute Gasteiger partial charge is 0.416 e. The number of rotatable bonds is 5. The van der Waals surface area contributed by atoms with Crippen LogP contribution in [0.15, 0.2) is 54.7 Å². The van der Waals surface area contributed by atoms with Crippen molar-refractivity contribution in [3.05, 3.63) is 71.4 Å². The Bertz CT molecular complexity index is 1230. The third-order valence-electron chi connectivity index (χ3n) is 5.65. The first kappa shape index (κ1) is 24.7. The highest BCUT2D eigenvalue weighted by Crippen LogP contribution is 2.47. The number of ether oxygens (including phenoxy) is 2. The molecule has 8 heteroatoms. The van der Waals surface area contributed by atoms with Crippen LogP contribution in [0.5, 0.6) is 5.75 Å². The maximum absolute atomic E-state index is 14.3. The van der Waals surface area contributed by atoms with Crippen molar-refractivity contribution >= 4 is 5.97 Å². The van der Waals surface area contributed by atoms with E-state index in [2.05, 4.69) is 4.98 Å². The summed E-state index contributed by atoms with van der Waals surface area (Å²) >= 11 is 0. The number of carboxylic acid groups (broad SMARTS) is 1. The lowest BCUT2D eigenvalue weighted by atomic mass is 9.85. The number of aromatic nitrogens is 1. The Kier molecular flexibility index (Phi) is 6.60. The number of fused-ring (bicyclic) bond motifs is 1. The van der Waals surface area contributed by atoms with Crippen molar-refractivity contribution in [2.75, 3.05) is 6.61 Å². The van der Waals surface area contributed by atoms with Gasteiger partial charge in [0, 0.05) is 17.3 Å². The number of alkyl halides is 3. The summed E-state index contributed by atoms with van der Waals surface area (Å²) < 4.78 is 54.4.